The zero-order valence-electron chi connectivity index (χ0n) is 20.8. The third kappa shape index (κ3) is 4.93. The number of piperazine rings is 1. The molecule has 0 aliphatic carbocycles. The van der Waals surface area contributed by atoms with Crippen LogP contribution in [0, 0.1) is 11.3 Å². The number of amides is 3. The Morgan fingerprint density at radius 2 is 2.03 bits per heavy atom. The van der Waals surface area contributed by atoms with Gasteiger partial charge >= 0.3 is 6.03 Å². The second-order valence-corrected chi connectivity index (χ2v) is 9.66. The molecule has 194 valence electrons. The Kier molecular flexibility index (Phi) is 7.03. The summed E-state index contributed by atoms with van der Waals surface area (Å²) in [5.74, 6) is 0.941. The minimum absolute atomic E-state index is 0.0833. The number of aromatic nitrogens is 1. The van der Waals surface area contributed by atoms with Gasteiger partial charge in [0.05, 0.1) is 29.5 Å². The smallest absolute Gasteiger partial charge is 0.326 e. The van der Waals surface area contributed by atoms with E-state index in [1.165, 1.54) is 16.0 Å². The number of nitrogens with zero attached hydrogens (tertiary/aromatic N) is 5. The Morgan fingerprint density at radius 1 is 1.24 bits per heavy atom. The van der Waals surface area contributed by atoms with Crippen molar-refractivity contribution in [2.45, 2.75) is 32.0 Å². The van der Waals surface area contributed by atoms with E-state index in [4.69, 9.17) is 25.9 Å². The van der Waals surface area contributed by atoms with E-state index in [0.717, 1.165) is 5.56 Å². The Morgan fingerprint density at radius 3 is 2.68 bits per heavy atom. The molecule has 1 fully saturated rings. The van der Waals surface area contributed by atoms with Gasteiger partial charge in [-0.15, -0.1) is 0 Å². The number of hydrogen-bond donors (Lipinski definition) is 1. The molecule has 2 atom stereocenters. The first kappa shape index (κ1) is 25.3. The number of carbonyl (C=O) groups is 2. The lowest BCUT2D eigenvalue weighted by Gasteiger charge is -2.34. The summed E-state index contributed by atoms with van der Waals surface area (Å²) in [6.07, 6.45) is 1.31. The molecule has 11 heteroatoms. The molecule has 0 radical (unpaired) electrons. The molecule has 2 aromatic carbocycles. The standard InChI is InChI=1S/C27H25ClN6O4/c1-16(2)37-22-13-17(14-29)3-8-20(22)26-32-24(18-4-6-19(28)7-5-18)25(21-9-10-31-38-21)34(26)27(36)33-12-11-30-23(35)15-33/h3-10,13,16,24-25H,11-12,15H2,1-2H3,(H,30,35)/t24-,25+/m0/s1. The Balaban J connectivity index is 1.69. The van der Waals surface area contributed by atoms with Crippen LogP contribution in [0.15, 0.2) is 64.2 Å². The molecule has 38 heavy (non-hydrogen) atoms. The Bertz CT molecular complexity index is 1410. The van der Waals surface area contributed by atoms with Gasteiger partial charge in [-0.25, -0.2) is 4.79 Å². The maximum atomic E-state index is 14.1. The molecule has 0 unspecified atom stereocenters. The fraction of sp³-hybridized carbons (Fsp3) is 0.296. The van der Waals surface area contributed by atoms with Crippen LogP contribution in [-0.2, 0) is 4.79 Å². The fourth-order valence-corrected chi connectivity index (χ4v) is 4.73. The molecule has 1 aromatic heterocycles. The number of aliphatic imine (C=N–C) groups is 1. The summed E-state index contributed by atoms with van der Waals surface area (Å²) in [6, 6.07) is 14.4. The van der Waals surface area contributed by atoms with Gasteiger partial charge in [0.25, 0.3) is 0 Å². The lowest BCUT2D eigenvalue weighted by Crippen LogP contribution is -2.55. The van der Waals surface area contributed by atoms with Gasteiger partial charge < -0.3 is 19.5 Å². The molecule has 0 bridgehead atoms. The fourth-order valence-electron chi connectivity index (χ4n) is 4.61. The van der Waals surface area contributed by atoms with Crippen molar-refractivity contribution < 1.29 is 18.8 Å². The molecule has 5 rings (SSSR count). The number of carbonyl (C=O) groups excluding carboxylic acids is 2. The van der Waals surface area contributed by atoms with E-state index in [0.29, 0.717) is 46.6 Å². The van der Waals surface area contributed by atoms with E-state index in [2.05, 4.69) is 16.5 Å². The molecule has 2 aliphatic heterocycles. The van der Waals surface area contributed by atoms with E-state index in [1.807, 2.05) is 26.0 Å². The van der Waals surface area contributed by atoms with Gasteiger partial charge in [0.15, 0.2) is 5.76 Å². The van der Waals surface area contributed by atoms with Crippen molar-refractivity contribution in [1.29, 1.82) is 5.26 Å². The highest BCUT2D eigenvalue weighted by Gasteiger charge is 2.46. The van der Waals surface area contributed by atoms with Crippen LogP contribution < -0.4 is 10.1 Å². The molecular weight excluding hydrogens is 508 g/mol. The van der Waals surface area contributed by atoms with Crippen molar-refractivity contribution >= 4 is 29.4 Å². The van der Waals surface area contributed by atoms with Gasteiger partial charge in [0, 0.05) is 24.2 Å². The average molecular weight is 533 g/mol. The van der Waals surface area contributed by atoms with Crippen molar-refractivity contribution in [3.8, 4) is 11.8 Å². The van der Waals surface area contributed by atoms with Crippen LogP contribution in [0.4, 0.5) is 4.79 Å². The number of nitriles is 1. The third-order valence-corrected chi connectivity index (χ3v) is 6.51. The maximum absolute atomic E-state index is 14.1. The van der Waals surface area contributed by atoms with Gasteiger partial charge in [0.2, 0.25) is 5.91 Å². The van der Waals surface area contributed by atoms with Gasteiger partial charge in [-0.3, -0.25) is 14.7 Å². The zero-order valence-corrected chi connectivity index (χ0v) is 21.6. The number of halogens is 1. The molecule has 3 amide bonds. The summed E-state index contributed by atoms with van der Waals surface area (Å²) >= 11 is 6.15. The van der Waals surface area contributed by atoms with Gasteiger partial charge in [-0.05, 0) is 49.7 Å². The van der Waals surface area contributed by atoms with Crippen LogP contribution >= 0.6 is 11.6 Å². The minimum atomic E-state index is -0.700. The predicted octanol–water partition coefficient (Wildman–Crippen LogP) is 4.08. The average Bonchev–Trinajstić information content (AvgIpc) is 3.56. The maximum Gasteiger partial charge on any atom is 0.326 e. The second-order valence-electron chi connectivity index (χ2n) is 9.22. The summed E-state index contributed by atoms with van der Waals surface area (Å²) < 4.78 is 11.7. The first-order valence-corrected chi connectivity index (χ1v) is 12.5. The van der Waals surface area contributed by atoms with Crippen molar-refractivity contribution in [1.82, 2.24) is 20.3 Å². The number of hydrogen-bond acceptors (Lipinski definition) is 7. The molecule has 10 nitrogen and oxygen atoms in total. The molecule has 2 aliphatic rings. The SMILES string of the molecule is CC(C)Oc1cc(C#N)ccc1C1=N[C@@H](c2ccc(Cl)cc2)[C@@H](c2ccno2)N1C(=O)N1CCNC(=O)C1. The summed E-state index contributed by atoms with van der Waals surface area (Å²) in [5.41, 5.74) is 1.75. The van der Waals surface area contributed by atoms with Crippen LogP contribution in [0.5, 0.6) is 5.75 Å². The van der Waals surface area contributed by atoms with E-state index in [-0.39, 0.29) is 18.6 Å². The van der Waals surface area contributed by atoms with E-state index < -0.39 is 18.1 Å². The topological polar surface area (TPSA) is 124 Å². The predicted molar refractivity (Wildman–Crippen MR) is 139 cm³/mol. The molecule has 3 heterocycles. The highest BCUT2D eigenvalue weighted by Crippen LogP contribution is 2.45. The monoisotopic (exact) mass is 532 g/mol. The van der Waals surface area contributed by atoms with Gasteiger partial charge in [0.1, 0.15) is 30.2 Å². The number of benzene rings is 2. The molecule has 1 saturated heterocycles. The Labute approximate surface area is 224 Å². The van der Waals surface area contributed by atoms with Crippen molar-refractivity contribution in [3.05, 3.63) is 82.2 Å². The van der Waals surface area contributed by atoms with Crippen LogP contribution in [-0.4, -0.2) is 58.5 Å². The Hall–Kier alpha value is -4.36. The number of amidine groups is 1. The van der Waals surface area contributed by atoms with Crippen molar-refractivity contribution in [3.63, 3.8) is 0 Å². The zero-order chi connectivity index (χ0) is 26.8. The van der Waals surface area contributed by atoms with E-state index >= 15 is 0 Å². The summed E-state index contributed by atoms with van der Waals surface area (Å²) in [4.78, 5) is 34.4. The number of rotatable bonds is 5. The summed E-state index contributed by atoms with van der Waals surface area (Å²) in [5, 5.41) is 16.7. The van der Waals surface area contributed by atoms with E-state index in [9.17, 15) is 14.9 Å². The van der Waals surface area contributed by atoms with Crippen LogP contribution in [0.1, 0.15) is 48.4 Å². The van der Waals surface area contributed by atoms with Crippen LogP contribution in [0.25, 0.3) is 0 Å². The van der Waals surface area contributed by atoms with Gasteiger partial charge in [-0.1, -0.05) is 28.9 Å². The second kappa shape index (κ2) is 10.6. The van der Waals surface area contributed by atoms with Crippen LogP contribution in [0.2, 0.25) is 5.02 Å². The van der Waals surface area contributed by atoms with Gasteiger partial charge in [-0.2, -0.15) is 5.26 Å². The molecule has 3 aromatic rings. The molecule has 0 saturated carbocycles. The lowest BCUT2D eigenvalue weighted by atomic mass is 9.98. The minimum Gasteiger partial charge on any atom is -0.490 e. The summed E-state index contributed by atoms with van der Waals surface area (Å²) in [7, 11) is 0. The number of urea groups is 1. The van der Waals surface area contributed by atoms with Crippen molar-refractivity contribution in [2.75, 3.05) is 19.6 Å². The molecule has 0 spiro atoms. The quantitative estimate of drug-likeness (QED) is 0.528. The normalized spacial score (nSPS) is 19.2. The lowest BCUT2D eigenvalue weighted by molar-refractivity contribution is -0.123. The molecular formula is C27H25ClN6O4. The highest BCUT2D eigenvalue weighted by molar-refractivity contribution is 6.30. The van der Waals surface area contributed by atoms with Crippen LogP contribution in [0.3, 0.4) is 0 Å². The number of ether oxygens (including phenoxy) is 1. The largest absolute Gasteiger partial charge is 0.490 e. The first-order valence-electron chi connectivity index (χ1n) is 12.2. The molecule has 1 N–H and O–H groups in total. The first-order chi connectivity index (χ1) is 18.4. The third-order valence-electron chi connectivity index (χ3n) is 6.26. The highest BCUT2D eigenvalue weighted by atomic mass is 35.5. The summed E-state index contributed by atoms with van der Waals surface area (Å²) in [6.45, 7) is 4.35. The van der Waals surface area contributed by atoms with E-state index in [1.54, 1.807) is 36.4 Å². The number of nitrogens with one attached hydrogen (secondary N) is 1. The van der Waals surface area contributed by atoms with Crippen molar-refractivity contribution in [2.24, 2.45) is 4.99 Å².